The van der Waals surface area contributed by atoms with Gasteiger partial charge in [0.2, 0.25) is 8.32 Å². The van der Waals surface area contributed by atoms with Crippen LogP contribution in [0.15, 0.2) is 41.0 Å². The molecule has 0 radical (unpaired) electrons. The van der Waals surface area contributed by atoms with Crippen molar-refractivity contribution in [3.05, 3.63) is 46.6 Å². The van der Waals surface area contributed by atoms with Crippen LogP contribution in [0.5, 0.6) is 11.5 Å². The van der Waals surface area contributed by atoms with Gasteiger partial charge in [0.05, 0.1) is 38.9 Å². The Kier molecular flexibility index (Phi) is 19.1. The van der Waals surface area contributed by atoms with E-state index in [1.165, 1.54) is 27.2 Å². The van der Waals surface area contributed by atoms with Crippen LogP contribution in [0.2, 0.25) is 16.6 Å². The minimum atomic E-state index is -3.00. The monoisotopic (exact) mass is 1130 g/mol. The molecule has 2 saturated carbocycles. The Morgan fingerprint density at radius 3 is 2.10 bits per heavy atom. The first-order valence-corrected chi connectivity index (χ1v) is 31.6. The van der Waals surface area contributed by atoms with Crippen LogP contribution in [0.25, 0.3) is 0 Å². The Morgan fingerprint density at radius 1 is 0.922 bits per heavy atom. The number of aliphatic hydroxyl groups is 1. The Labute approximate surface area is 464 Å². The molecule has 2 saturated heterocycles. The van der Waals surface area contributed by atoms with Gasteiger partial charge in [0, 0.05) is 42.9 Å². The minimum absolute atomic E-state index is 0.0136. The fraction of sp³-hybridized carbons (Fsp3) is 0.732. The molecular weight excluding hydrogens is 1050 g/mol. The predicted octanol–water partition coefficient (Wildman–Crippen LogP) is 9.65. The van der Waals surface area contributed by atoms with Crippen LogP contribution in [0.4, 0.5) is 9.59 Å². The van der Waals surface area contributed by atoms with Gasteiger partial charge in [-0.05, 0) is 93.8 Å². The van der Waals surface area contributed by atoms with Gasteiger partial charge in [-0.25, -0.2) is 19.2 Å². The van der Waals surface area contributed by atoms with Crippen molar-refractivity contribution in [3.8, 4) is 11.5 Å². The summed E-state index contributed by atoms with van der Waals surface area (Å²) in [6, 6.07) is 3.57. The van der Waals surface area contributed by atoms with E-state index in [1.807, 2.05) is 27.0 Å². The number of fused-ring (bicyclic) bond motifs is 4. The quantitative estimate of drug-likeness (QED) is 0.0276. The van der Waals surface area contributed by atoms with Crippen molar-refractivity contribution >= 4 is 60.0 Å². The van der Waals surface area contributed by atoms with E-state index in [9.17, 15) is 19.5 Å². The molecule has 3 aliphatic carbocycles. The van der Waals surface area contributed by atoms with E-state index >= 15 is 9.59 Å². The first-order valence-electron chi connectivity index (χ1n) is 26.8. The summed E-state index contributed by atoms with van der Waals surface area (Å²) < 4.78 is 64.2. The molecule has 4 fully saturated rings. The molecule has 3 N–H and O–H groups in total. The first kappa shape index (κ1) is 62.2. The summed E-state index contributed by atoms with van der Waals surface area (Å²) in [6.45, 7) is 30.1. The van der Waals surface area contributed by atoms with Gasteiger partial charge in [0.15, 0.2) is 17.8 Å². The molecule has 6 rings (SSSR count). The third-order valence-electron chi connectivity index (χ3n) is 16.8. The second-order valence-corrected chi connectivity index (χ2v) is 32.2. The zero-order valence-electron chi connectivity index (χ0n) is 48.7. The third-order valence-corrected chi connectivity index (χ3v) is 24.7. The second kappa shape index (κ2) is 23.6. The number of hydrogen-bond acceptors (Lipinski definition) is 18. The number of carbonyl (C=O) groups excluding carboxylic acids is 5. The molecule has 1 aromatic carbocycles. The molecule has 18 nitrogen and oxygen atoms in total. The van der Waals surface area contributed by atoms with Gasteiger partial charge >= 0.3 is 30.1 Å². The first-order chi connectivity index (χ1) is 35.8. The van der Waals surface area contributed by atoms with Crippen LogP contribution < -0.4 is 20.1 Å². The van der Waals surface area contributed by atoms with Gasteiger partial charge in [-0.1, -0.05) is 95.6 Å². The van der Waals surface area contributed by atoms with Gasteiger partial charge in [0.1, 0.15) is 52.7 Å². The number of alkyl carbamates (subject to hydrolysis) is 2. The molecular formula is C56H86N2O16S2Si. The van der Waals surface area contributed by atoms with Crippen LogP contribution in [0.3, 0.4) is 0 Å². The fourth-order valence-corrected chi connectivity index (χ4v) is 20.1. The highest BCUT2D eigenvalue weighted by atomic mass is 33.1. The van der Waals surface area contributed by atoms with Gasteiger partial charge < -0.3 is 62.8 Å². The van der Waals surface area contributed by atoms with Crippen molar-refractivity contribution in [2.75, 3.05) is 39.4 Å². The molecule has 5 aliphatic rings. The lowest BCUT2D eigenvalue weighted by Gasteiger charge is -2.74. The summed E-state index contributed by atoms with van der Waals surface area (Å²) >= 11 is 0. The van der Waals surface area contributed by atoms with Crippen LogP contribution in [-0.2, 0) is 47.2 Å². The minimum Gasteiger partial charge on any atom is -0.497 e. The van der Waals surface area contributed by atoms with Crippen LogP contribution >= 0.6 is 21.6 Å². The molecule has 77 heavy (non-hydrogen) atoms. The fourth-order valence-electron chi connectivity index (χ4n) is 13.5. The Morgan fingerprint density at radius 2 is 1.57 bits per heavy atom. The Hall–Kier alpha value is -3.99. The molecule has 0 spiro atoms. The highest BCUT2D eigenvalue weighted by Crippen LogP contribution is 2.69. The molecule has 0 aromatic heterocycles. The average Bonchev–Trinajstić information content (AvgIpc) is 3.37. The SMILES string of the molecule is COc1ccc(OC)c(C(=O)O[C@H]2[C@@H]3[C@]4(OC(C)=O)CO[C@@H]4C[C@H]4O[C@@H]([C@H](OC(=O)NCCSSC)C5=C(C)[C@@H](OC(=O)[C@H](O[Si](C(C)C)(C(C)C)C(C)C)[C@H](C=C(C)C)NC(=O)OC(C)(C)C)C[C@]2(O)C5(C)C)[C@@]34C)c1. The number of methoxy groups -OCH3 is 2. The van der Waals surface area contributed by atoms with E-state index in [-0.39, 0.29) is 53.9 Å². The van der Waals surface area contributed by atoms with E-state index in [4.69, 9.17) is 47.1 Å². The van der Waals surface area contributed by atoms with Crippen molar-refractivity contribution < 1.29 is 76.1 Å². The molecule has 432 valence electrons. The molecule has 2 bridgehead atoms. The summed E-state index contributed by atoms with van der Waals surface area (Å²) in [4.78, 5) is 72.5. The lowest BCUT2D eigenvalue weighted by Crippen LogP contribution is -2.86. The summed E-state index contributed by atoms with van der Waals surface area (Å²) in [5.74, 6) is -2.41. The van der Waals surface area contributed by atoms with Crippen LogP contribution in [-0.4, -0.2) is 148 Å². The molecule has 1 aromatic rings. The maximum atomic E-state index is 15.8. The molecule has 12 atom stereocenters. The van der Waals surface area contributed by atoms with Crippen molar-refractivity contribution in [2.45, 2.75) is 206 Å². The van der Waals surface area contributed by atoms with E-state index in [2.05, 4.69) is 52.2 Å². The number of amides is 2. The number of hydrogen-bond donors (Lipinski definition) is 3. The zero-order chi connectivity index (χ0) is 57.5. The van der Waals surface area contributed by atoms with Crippen molar-refractivity contribution in [1.29, 1.82) is 0 Å². The van der Waals surface area contributed by atoms with Gasteiger partial charge in [-0.2, -0.15) is 0 Å². The van der Waals surface area contributed by atoms with E-state index in [0.29, 0.717) is 22.6 Å². The predicted molar refractivity (Wildman–Crippen MR) is 297 cm³/mol. The number of benzene rings is 1. The summed E-state index contributed by atoms with van der Waals surface area (Å²) in [7, 11) is 2.99. The number of esters is 3. The lowest BCUT2D eigenvalue weighted by molar-refractivity contribution is -0.416. The topological polar surface area (TPSA) is 222 Å². The highest BCUT2D eigenvalue weighted by Gasteiger charge is 2.82. The maximum Gasteiger partial charge on any atom is 0.408 e. The van der Waals surface area contributed by atoms with E-state index in [0.717, 1.165) is 5.57 Å². The van der Waals surface area contributed by atoms with E-state index < -0.39 is 121 Å². The number of nitrogens with one attached hydrogen (secondary N) is 2. The van der Waals surface area contributed by atoms with Gasteiger partial charge in [-0.3, -0.25) is 4.79 Å². The Bertz CT molecular complexity index is 2420. The van der Waals surface area contributed by atoms with Gasteiger partial charge in [0.25, 0.3) is 0 Å². The largest absolute Gasteiger partial charge is 0.497 e. The number of rotatable bonds is 20. The molecule has 2 aliphatic heterocycles. The van der Waals surface area contributed by atoms with Crippen molar-refractivity contribution in [3.63, 3.8) is 0 Å². The van der Waals surface area contributed by atoms with E-state index in [1.54, 1.807) is 81.3 Å². The highest BCUT2D eigenvalue weighted by molar-refractivity contribution is 8.76. The van der Waals surface area contributed by atoms with Crippen LogP contribution in [0.1, 0.15) is 134 Å². The Balaban J connectivity index is 1.63. The van der Waals surface area contributed by atoms with Crippen molar-refractivity contribution in [1.82, 2.24) is 10.6 Å². The standard InChI is InChI=1S/C56H86N2O16S2Si/c1-29(2)24-37(58-51(63)73-52(11,12)13)43(74-77(30(3)4,31(5)6)32(7)8)49(61)68-39-27-56(64)47(71-48(60)36-25-35(65-17)20-21-38(36)66-18)45-54(16)40(26-41-55(45,28-67-41)72-34(10)59)69-46(54)44(42(33(39)9)53(56,14)15)70-50(62)57-22-23-76-75-19/h20-21,24-25,30-32,37,39-41,43-47,64H,22-23,26-28H2,1-19H3,(H,57,62)(H,58,63)/t37-,39-,40+,41+,43+,44+,45-,46-,47-,54+,55-,56+/m0/s1. The molecule has 0 unspecified atom stereocenters. The normalized spacial score (nSPS) is 29.9. The molecule has 21 heteroatoms. The summed E-state index contributed by atoms with van der Waals surface area (Å²) in [6.07, 6.45) is -5.96. The molecule has 2 amide bonds. The second-order valence-electron chi connectivity index (χ2n) is 24.2. The number of carbonyl (C=O) groups is 5. The number of ether oxygens (including phenoxy) is 9. The van der Waals surface area contributed by atoms with Crippen LogP contribution in [0, 0.1) is 16.7 Å². The number of allylic oxidation sites excluding steroid dienone is 1. The van der Waals surface area contributed by atoms with Crippen molar-refractivity contribution in [2.24, 2.45) is 16.7 Å². The zero-order valence-corrected chi connectivity index (χ0v) is 51.3. The summed E-state index contributed by atoms with van der Waals surface area (Å²) in [5, 5.41) is 20.3. The third kappa shape index (κ3) is 11.7. The lowest BCUT2D eigenvalue weighted by atomic mass is 9.42. The maximum absolute atomic E-state index is 15.8. The molecule has 2 heterocycles. The summed E-state index contributed by atoms with van der Waals surface area (Å²) in [5.41, 5.74) is -5.77. The average molecular weight is 1140 g/mol. The smallest absolute Gasteiger partial charge is 0.408 e. The van der Waals surface area contributed by atoms with Gasteiger partial charge in [-0.15, -0.1) is 0 Å².